The molecule has 7 nitrogen and oxygen atoms in total. The van der Waals surface area contributed by atoms with Crippen LogP contribution < -0.4 is 24.6 Å². The van der Waals surface area contributed by atoms with Gasteiger partial charge in [-0.15, -0.1) is 0 Å². The molecule has 0 bridgehead atoms. The molecule has 42 heavy (non-hydrogen) atoms. The molecule has 7 heteroatoms. The molecule has 0 spiro atoms. The Morgan fingerprint density at radius 1 is 0.881 bits per heavy atom. The van der Waals surface area contributed by atoms with Gasteiger partial charge in [0, 0.05) is 35.1 Å². The SMILES string of the molecule is COc1ccc(CCOc2c(OC)cccc2[C@@H]2CC(=O)Oc3c2c(C)cc2oc(=O)cc(-c4ccccc4)c32)cc1. The number of fused-ring (bicyclic) bond motifs is 3. The Morgan fingerprint density at radius 2 is 1.67 bits per heavy atom. The number of aryl methyl sites for hydroxylation is 1. The van der Waals surface area contributed by atoms with Crippen LogP contribution in [0.3, 0.4) is 0 Å². The highest BCUT2D eigenvalue weighted by Gasteiger charge is 2.35. The minimum atomic E-state index is -0.472. The molecule has 1 aromatic heterocycles. The van der Waals surface area contributed by atoms with Crippen LogP contribution >= 0.6 is 0 Å². The fraction of sp³-hybridized carbons (Fsp3) is 0.200. The number of para-hydroxylation sites is 1. The van der Waals surface area contributed by atoms with Gasteiger partial charge < -0.3 is 23.4 Å². The molecule has 0 amide bonds. The molecule has 6 rings (SSSR count). The topological polar surface area (TPSA) is 84.2 Å². The van der Waals surface area contributed by atoms with E-state index in [0.29, 0.717) is 46.8 Å². The van der Waals surface area contributed by atoms with Crippen LogP contribution in [-0.4, -0.2) is 26.8 Å². The van der Waals surface area contributed by atoms with Gasteiger partial charge >= 0.3 is 11.6 Å². The van der Waals surface area contributed by atoms with Crippen molar-refractivity contribution in [2.24, 2.45) is 0 Å². The number of hydrogen-bond acceptors (Lipinski definition) is 7. The molecule has 0 saturated carbocycles. The predicted octanol–water partition coefficient (Wildman–Crippen LogP) is 6.85. The van der Waals surface area contributed by atoms with Crippen molar-refractivity contribution in [3.8, 4) is 34.1 Å². The summed E-state index contributed by atoms with van der Waals surface area (Å²) in [6.45, 7) is 2.34. The van der Waals surface area contributed by atoms with Crippen molar-refractivity contribution in [1.29, 1.82) is 0 Å². The van der Waals surface area contributed by atoms with Crippen LogP contribution in [0.5, 0.6) is 23.0 Å². The van der Waals surface area contributed by atoms with E-state index < -0.39 is 5.63 Å². The molecule has 4 aromatic carbocycles. The van der Waals surface area contributed by atoms with E-state index in [0.717, 1.165) is 33.6 Å². The highest BCUT2D eigenvalue weighted by Crippen LogP contribution is 2.50. The molecule has 2 heterocycles. The quantitative estimate of drug-likeness (QED) is 0.116. The number of benzene rings is 4. The summed E-state index contributed by atoms with van der Waals surface area (Å²) in [7, 11) is 3.24. The van der Waals surface area contributed by atoms with E-state index in [2.05, 4.69) is 0 Å². The first-order chi connectivity index (χ1) is 20.5. The van der Waals surface area contributed by atoms with Crippen molar-refractivity contribution in [2.75, 3.05) is 20.8 Å². The smallest absolute Gasteiger partial charge is 0.336 e. The van der Waals surface area contributed by atoms with Crippen LogP contribution in [0.2, 0.25) is 0 Å². The van der Waals surface area contributed by atoms with E-state index in [9.17, 15) is 9.59 Å². The van der Waals surface area contributed by atoms with Gasteiger partial charge in [-0.05, 0) is 47.9 Å². The van der Waals surface area contributed by atoms with Crippen molar-refractivity contribution in [2.45, 2.75) is 25.7 Å². The van der Waals surface area contributed by atoms with Crippen molar-refractivity contribution >= 4 is 16.9 Å². The molecule has 0 N–H and O–H groups in total. The second kappa shape index (κ2) is 11.4. The lowest BCUT2D eigenvalue weighted by molar-refractivity contribution is -0.135. The molecule has 0 unspecified atom stereocenters. The van der Waals surface area contributed by atoms with Gasteiger partial charge in [-0.3, -0.25) is 4.79 Å². The number of carbonyl (C=O) groups excluding carboxylic acids is 1. The number of methoxy groups -OCH3 is 2. The van der Waals surface area contributed by atoms with Crippen molar-refractivity contribution in [1.82, 2.24) is 0 Å². The largest absolute Gasteiger partial charge is 0.497 e. The average molecular weight is 563 g/mol. The van der Waals surface area contributed by atoms with Gasteiger partial charge in [-0.2, -0.15) is 0 Å². The minimum absolute atomic E-state index is 0.124. The molecule has 0 aliphatic carbocycles. The zero-order valence-corrected chi connectivity index (χ0v) is 23.6. The lowest BCUT2D eigenvalue weighted by atomic mass is 9.81. The van der Waals surface area contributed by atoms with Crippen LogP contribution in [0, 0.1) is 6.92 Å². The van der Waals surface area contributed by atoms with Gasteiger partial charge in [0.2, 0.25) is 0 Å². The molecule has 1 atom stereocenters. The summed E-state index contributed by atoms with van der Waals surface area (Å²) in [5.74, 6) is 1.62. The molecule has 0 radical (unpaired) electrons. The van der Waals surface area contributed by atoms with Crippen molar-refractivity contribution in [3.05, 3.63) is 118 Å². The molecule has 1 aliphatic heterocycles. The highest BCUT2D eigenvalue weighted by atomic mass is 16.5. The van der Waals surface area contributed by atoms with Crippen LogP contribution in [0.25, 0.3) is 22.1 Å². The molecule has 0 saturated heterocycles. The molecular weight excluding hydrogens is 532 g/mol. The van der Waals surface area contributed by atoms with Gasteiger partial charge in [-0.25, -0.2) is 4.79 Å². The Bertz CT molecular complexity index is 1820. The van der Waals surface area contributed by atoms with Crippen molar-refractivity contribution < 1.29 is 28.2 Å². The first kappa shape index (κ1) is 27.1. The summed E-state index contributed by atoms with van der Waals surface area (Å²) in [4.78, 5) is 25.7. The summed E-state index contributed by atoms with van der Waals surface area (Å²) >= 11 is 0. The van der Waals surface area contributed by atoms with Crippen LogP contribution in [0.15, 0.2) is 94.1 Å². The third-order valence-electron chi connectivity index (χ3n) is 7.65. The predicted molar refractivity (Wildman–Crippen MR) is 160 cm³/mol. The first-order valence-electron chi connectivity index (χ1n) is 13.8. The number of ether oxygens (including phenoxy) is 4. The first-order valence-corrected chi connectivity index (χ1v) is 13.8. The fourth-order valence-corrected chi connectivity index (χ4v) is 5.70. The second-order valence-electron chi connectivity index (χ2n) is 10.2. The Hall–Kier alpha value is -5.04. The Balaban J connectivity index is 1.46. The Labute approximate surface area is 243 Å². The lowest BCUT2D eigenvalue weighted by Crippen LogP contribution is -2.23. The van der Waals surface area contributed by atoms with Crippen molar-refractivity contribution in [3.63, 3.8) is 0 Å². The van der Waals surface area contributed by atoms with Crippen LogP contribution in [-0.2, 0) is 11.2 Å². The number of esters is 1. The molecule has 1 aliphatic rings. The van der Waals surface area contributed by atoms with E-state index in [-0.39, 0.29) is 18.3 Å². The van der Waals surface area contributed by atoms with Crippen LogP contribution in [0.4, 0.5) is 0 Å². The molecular formula is C35H30O7. The third-order valence-corrected chi connectivity index (χ3v) is 7.65. The summed E-state index contributed by atoms with van der Waals surface area (Å²) in [5.41, 5.74) is 4.99. The zero-order chi connectivity index (χ0) is 29.2. The maximum atomic E-state index is 13.2. The van der Waals surface area contributed by atoms with Gasteiger partial charge in [0.1, 0.15) is 17.1 Å². The zero-order valence-electron chi connectivity index (χ0n) is 23.6. The maximum absolute atomic E-state index is 13.2. The van der Waals surface area contributed by atoms with Gasteiger partial charge in [0.25, 0.3) is 0 Å². The van der Waals surface area contributed by atoms with E-state index >= 15 is 0 Å². The summed E-state index contributed by atoms with van der Waals surface area (Å²) in [6.07, 6.45) is 0.798. The summed E-state index contributed by atoms with van der Waals surface area (Å²) in [6, 6.07) is 26.4. The standard InChI is InChI=1S/C35H30O7/c1-21-18-29-33(26(19-30(36)41-29)23-8-5-4-6-9-23)35-32(21)27(20-31(37)42-35)25-10-7-11-28(39-3)34(25)40-17-16-22-12-14-24(38-2)15-13-22/h4-15,18-19,27H,16-17,20H2,1-3H3/t27-/m0/s1. The Morgan fingerprint density at radius 3 is 2.40 bits per heavy atom. The monoisotopic (exact) mass is 562 g/mol. The van der Waals surface area contributed by atoms with E-state index in [1.165, 1.54) is 6.07 Å². The maximum Gasteiger partial charge on any atom is 0.336 e. The summed E-state index contributed by atoms with van der Waals surface area (Å²) < 4.78 is 28.9. The normalized spacial score (nSPS) is 14.3. The van der Waals surface area contributed by atoms with Gasteiger partial charge in [-0.1, -0.05) is 54.6 Å². The molecule has 5 aromatic rings. The van der Waals surface area contributed by atoms with E-state index in [4.69, 9.17) is 23.4 Å². The molecule has 212 valence electrons. The van der Waals surface area contributed by atoms with Gasteiger partial charge in [0.05, 0.1) is 32.6 Å². The third kappa shape index (κ3) is 5.09. The molecule has 0 fully saturated rings. The lowest BCUT2D eigenvalue weighted by Gasteiger charge is -2.29. The Kier molecular flexibility index (Phi) is 7.40. The fourth-order valence-electron chi connectivity index (χ4n) is 5.70. The van der Waals surface area contributed by atoms with Crippen LogP contribution in [0.1, 0.15) is 34.6 Å². The van der Waals surface area contributed by atoms with E-state index in [1.807, 2.05) is 85.8 Å². The second-order valence-corrected chi connectivity index (χ2v) is 10.2. The number of carbonyl (C=O) groups is 1. The number of hydrogen-bond donors (Lipinski definition) is 0. The van der Waals surface area contributed by atoms with E-state index in [1.54, 1.807) is 14.2 Å². The average Bonchev–Trinajstić information content (AvgIpc) is 3.00. The minimum Gasteiger partial charge on any atom is -0.497 e. The van der Waals surface area contributed by atoms with Gasteiger partial charge in [0.15, 0.2) is 11.5 Å². The highest BCUT2D eigenvalue weighted by molar-refractivity contribution is 6.01. The summed E-state index contributed by atoms with van der Waals surface area (Å²) in [5, 5.41) is 0.587. The number of rotatable bonds is 8.